The highest BCUT2D eigenvalue weighted by Gasteiger charge is 2.32. The number of benzene rings is 2. The molecule has 1 N–H and O–H groups in total. The van der Waals surface area contributed by atoms with Crippen LogP contribution in [0.25, 0.3) is 6.08 Å². The SMILES string of the molecule is CCOc1ccc(N2C(=O)/C(=C\c3ccc(COc4cccc(Cl)c4C)o3)NC2=S)cc1. The Kier molecular flexibility index (Phi) is 6.48. The molecule has 0 aliphatic carbocycles. The maximum atomic E-state index is 12.9. The number of anilines is 1. The van der Waals surface area contributed by atoms with Crippen molar-refractivity contribution in [1.29, 1.82) is 0 Å². The molecule has 4 rings (SSSR count). The Hall–Kier alpha value is -3.29. The Morgan fingerprint density at radius 3 is 2.66 bits per heavy atom. The van der Waals surface area contributed by atoms with Gasteiger partial charge in [0.05, 0.1) is 12.3 Å². The van der Waals surface area contributed by atoms with E-state index in [1.165, 1.54) is 4.90 Å². The number of carbonyl (C=O) groups is 1. The summed E-state index contributed by atoms with van der Waals surface area (Å²) in [6.07, 6.45) is 1.62. The third-order valence-corrected chi connectivity index (χ3v) is 5.54. The zero-order valence-electron chi connectivity index (χ0n) is 17.6. The molecular weight excluding hydrogens is 448 g/mol. The van der Waals surface area contributed by atoms with Gasteiger partial charge in [0.2, 0.25) is 0 Å². The lowest BCUT2D eigenvalue weighted by Gasteiger charge is -2.14. The van der Waals surface area contributed by atoms with E-state index in [1.807, 2.05) is 32.0 Å². The monoisotopic (exact) mass is 468 g/mol. The molecule has 1 aliphatic heterocycles. The van der Waals surface area contributed by atoms with Crippen LogP contribution < -0.4 is 19.7 Å². The van der Waals surface area contributed by atoms with Crippen LogP contribution in [-0.2, 0) is 11.4 Å². The van der Waals surface area contributed by atoms with Crippen LogP contribution in [-0.4, -0.2) is 17.6 Å². The molecule has 0 radical (unpaired) electrons. The van der Waals surface area contributed by atoms with Crippen molar-refractivity contribution >= 4 is 46.6 Å². The standard InChI is InChI=1S/C24H21ClN2O4S/c1-3-29-17-9-7-16(8-10-17)27-23(28)21(26-24(27)32)13-18-11-12-19(31-18)14-30-22-6-4-5-20(25)15(22)2/h4-13H,3,14H2,1-2H3,(H,26,32)/b21-13+. The first-order chi connectivity index (χ1) is 15.5. The van der Waals surface area contributed by atoms with E-state index < -0.39 is 0 Å². The van der Waals surface area contributed by atoms with Crippen LogP contribution in [0.4, 0.5) is 5.69 Å². The van der Waals surface area contributed by atoms with Gasteiger partial charge < -0.3 is 19.2 Å². The maximum absolute atomic E-state index is 12.9. The second kappa shape index (κ2) is 9.46. The highest BCUT2D eigenvalue weighted by Crippen LogP contribution is 2.27. The maximum Gasteiger partial charge on any atom is 0.281 e. The van der Waals surface area contributed by atoms with Gasteiger partial charge in [-0.1, -0.05) is 17.7 Å². The van der Waals surface area contributed by atoms with Crippen LogP contribution in [0.2, 0.25) is 5.02 Å². The van der Waals surface area contributed by atoms with Gasteiger partial charge in [0.25, 0.3) is 5.91 Å². The van der Waals surface area contributed by atoms with Crippen molar-refractivity contribution in [3.05, 3.63) is 82.4 Å². The van der Waals surface area contributed by atoms with E-state index in [2.05, 4.69) is 5.32 Å². The molecule has 3 aromatic rings. The quantitative estimate of drug-likeness (QED) is 0.366. The van der Waals surface area contributed by atoms with E-state index in [4.69, 9.17) is 37.7 Å². The van der Waals surface area contributed by atoms with Crippen molar-refractivity contribution in [2.45, 2.75) is 20.5 Å². The Balaban J connectivity index is 1.45. The van der Waals surface area contributed by atoms with E-state index in [9.17, 15) is 4.79 Å². The number of amides is 1. The number of hydrogen-bond donors (Lipinski definition) is 1. The molecule has 0 unspecified atom stereocenters. The van der Waals surface area contributed by atoms with Gasteiger partial charge in [-0.25, -0.2) is 0 Å². The summed E-state index contributed by atoms with van der Waals surface area (Å²) in [6, 6.07) is 16.3. The van der Waals surface area contributed by atoms with Crippen molar-refractivity contribution in [3.63, 3.8) is 0 Å². The summed E-state index contributed by atoms with van der Waals surface area (Å²) in [7, 11) is 0. The van der Waals surface area contributed by atoms with Gasteiger partial charge in [0.1, 0.15) is 35.3 Å². The van der Waals surface area contributed by atoms with E-state index in [-0.39, 0.29) is 12.5 Å². The number of nitrogens with zero attached hydrogens (tertiary/aromatic N) is 1. The Bertz CT molecular complexity index is 1190. The van der Waals surface area contributed by atoms with Gasteiger partial charge in [0, 0.05) is 16.7 Å². The van der Waals surface area contributed by atoms with Gasteiger partial charge in [-0.15, -0.1) is 0 Å². The number of furan rings is 1. The molecule has 1 amide bonds. The zero-order valence-corrected chi connectivity index (χ0v) is 19.1. The number of rotatable bonds is 7. The number of halogens is 1. The Morgan fingerprint density at radius 1 is 1.12 bits per heavy atom. The van der Waals surface area contributed by atoms with Gasteiger partial charge in [-0.05, 0) is 74.6 Å². The Morgan fingerprint density at radius 2 is 1.91 bits per heavy atom. The zero-order chi connectivity index (χ0) is 22.7. The van der Waals surface area contributed by atoms with E-state index >= 15 is 0 Å². The van der Waals surface area contributed by atoms with Crippen molar-refractivity contribution in [1.82, 2.24) is 5.32 Å². The molecule has 1 aliphatic rings. The van der Waals surface area contributed by atoms with Crippen LogP contribution in [0.15, 0.2) is 64.7 Å². The molecule has 1 saturated heterocycles. The molecule has 0 saturated carbocycles. The summed E-state index contributed by atoms with van der Waals surface area (Å²) in [6.45, 7) is 4.62. The fourth-order valence-electron chi connectivity index (χ4n) is 3.21. The van der Waals surface area contributed by atoms with E-state index in [0.29, 0.717) is 45.4 Å². The van der Waals surface area contributed by atoms with Crippen LogP contribution in [0.5, 0.6) is 11.5 Å². The lowest BCUT2D eigenvalue weighted by Crippen LogP contribution is -2.30. The molecule has 164 valence electrons. The number of carbonyl (C=O) groups excluding carboxylic acids is 1. The fraction of sp³-hybridized carbons (Fsp3) is 0.167. The number of nitrogens with one attached hydrogen (secondary N) is 1. The smallest absolute Gasteiger partial charge is 0.281 e. The minimum Gasteiger partial charge on any atom is -0.494 e. The summed E-state index contributed by atoms with van der Waals surface area (Å²) in [5.41, 5.74) is 1.85. The molecule has 1 aromatic heterocycles. The average molecular weight is 469 g/mol. The summed E-state index contributed by atoms with van der Waals surface area (Å²) in [5, 5.41) is 3.90. The minimum absolute atomic E-state index is 0.239. The first-order valence-corrected chi connectivity index (χ1v) is 10.8. The van der Waals surface area contributed by atoms with E-state index in [1.54, 1.807) is 42.5 Å². The predicted molar refractivity (Wildman–Crippen MR) is 128 cm³/mol. The molecule has 6 nitrogen and oxygen atoms in total. The van der Waals surface area contributed by atoms with Crippen LogP contribution in [0, 0.1) is 6.92 Å². The van der Waals surface area contributed by atoms with Gasteiger partial charge in [-0.2, -0.15) is 0 Å². The normalized spacial score (nSPS) is 14.7. The Labute approximate surface area is 196 Å². The second-order valence-corrected chi connectivity index (χ2v) is 7.81. The summed E-state index contributed by atoms with van der Waals surface area (Å²) in [5.74, 6) is 2.29. The molecule has 8 heteroatoms. The van der Waals surface area contributed by atoms with Crippen LogP contribution >= 0.6 is 23.8 Å². The van der Waals surface area contributed by atoms with Crippen molar-refractivity contribution < 1.29 is 18.7 Å². The van der Waals surface area contributed by atoms with Gasteiger partial charge in [0.15, 0.2) is 5.11 Å². The second-order valence-electron chi connectivity index (χ2n) is 7.01. The summed E-state index contributed by atoms with van der Waals surface area (Å²) in [4.78, 5) is 14.4. The largest absolute Gasteiger partial charge is 0.494 e. The molecule has 2 aromatic carbocycles. The average Bonchev–Trinajstić information content (AvgIpc) is 3.34. The summed E-state index contributed by atoms with van der Waals surface area (Å²) >= 11 is 11.5. The molecule has 0 bridgehead atoms. The van der Waals surface area contributed by atoms with Crippen LogP contribution in [0.1, 0.15) is 24.0 Å². The third kappa shape index (κ3) is 4.64. The highest BCUT2D eigenvalue weighted by molar-refractivity contribution is 7.80. The lowest BCUT2D eigenvalue weighted by molar-refractivity contribution is -0.113. The number of thiocarbonyl (C=S) groups is 1. The molecular formula is C24H21ClN2O4S. The molecule has 2 heterocycles. The highest BCUT2D eigenvalue weighted by atomic mass is 35.5. The molecule has 1 fully saturated rings. The first-order valence-electron chi connectivity index (χ1n) is 10.0. The van der Waals surface area contributed by atoms with Crippen molar-refractivity contribution in [2.24, 2.45) is 0 Å². The van der Waals surface area contributed by atoms with Crippen molar-refractivity contribution in [2.75, 3.05) is 11.5 Å². The first kappa shape index (κ1) is 21.9. The topological polar surface area (TPSA) is 63.9 Å². The number of hydrogen-bond acceptors (Lipinski definition) is 5. The molecule has 0 atom stereocenters. The van der Waals surface area contributed by atoms with Gasteiger partial charge >= 0.3 is 0 Å². The third-order valence-electron chi connectivity index (χ3n) is 4.84. The number of ether oxygens (including phenoxy) is 2. The molecule has 32 heavy (non-hydrogen) atoms. The molecule has 0 spiro atoms. The predicted octanol–water partition coefficient (Wildman–Crippen LogP) is 5.48. The minimum atomic E-state index is -0.261. The summed E-state index contributed by atoms with van der Waals surface area (Å²) < 4.78 is 17.1. The van der Waals surface area contributed by atoms with E-state index in [0.717, 1.165) is 11.3 Å². The lowest BCUT2D eigenvalue weighted by atomic mass is 10.2. The fourth-order valence-corrected chi connectivity index (χ4v) is 3.68. The van der Waals surface area contributed by atoms with Gasteiger partial charge in [-0.3, -0.25) is 9.69 Å². The van der Waals surface area contributed by atoms with Crippen LogP contribution in [0.3, 0.4) is 0 Å². The van der Waals surface area contributed by atoms with Crippen molar-refractivity contribution in [3.8, 4) is 11.5 Å².